The summed E-state index contributed by atoms with van der Waals surface area (Å²) in [6.45, 7) is 3.25. The zero-order chi connectivity index (χ0) is 22.0. The number of anilines is 1. The van der Waals surface area contributed by atoms with Crippen LogP contribution in [0.5, 0.6) is 0 Å². The van der Waals surface area contributed by atoms with Crippen LogP contribution in [0.1, 0.15) is 31.0 Å². The summed E-state index contributed by atoms with van der Waals surface area (Å²) in [7, 11) is 1.68. The van der Waals surface area contributed by atoms with Gasteiger partial charge in [-0.05, 0) is 43.1 Å². The monoisotopic (exact) mass is 435 g/mol. The van der Waals surface area contributed by atoms with Crippen LogP contribution in [-0.2, 0) is 22.4 Å². The molecular weight excluding hydrogens is 410 g/mol. The number of likely N-dealkylation sites (N-methyl/N-ethyl adjacent to an activating group) is 1. The molecule has 1 saturated carbocycles. The number of amides is 2. The molecule has 0 radical (unpaired) electrons. The highest BCUT2D eigenvalue weighted by molar-refractivity contribution is 5.96. The molecule has 4 heterocycles. The van der Waals surface area contributed by atoms with Gasteiger partial charge in [0.25, 0.3) is 0 Å². The van der Waals surface area contributed by atoms with Gasteiger partial charge in [-0.3, -0.25) is 14.8 Å². The summed E-state index contributed by atoms with van der Waals surface area (Å²) in [6.07, 6.45) is 5.25. The molecule has 10 nitrogen and oxygen atoms in total. The van der Waals surface area contributed by atoms with Crippen molar-refractivity contribution in [2.24, 2.45) is 11.3 Å². The van der Waals surface area contributed by atoms with Gasteiger partial charge >= 0.3 is 6.09 Å². The second-order valence-electron chi connectivity index (χ2n) is 9.46. The number of hydrogen-bond donors (Lipinski definition) is 2. The Labute approximate surface area is 184 Å². The van der Waals surface area contributed by atoms with Crippen molar-refractivity contribution < 1.29 is 14.3 Å². The molecule has 166 valence electrons. The van der Waals surface area contributed by atoms with Gasteiger partial charge in [0.1, 0.15) is 12.2 Å². The number of aromatic nitrogens is 5. The van der Waals surface area contributed by atoms with Crippen LogP contribution in [-0.4, -0.2) is 68.8 Å². The van der Waals surface area contributed by atoms with E-state index in [0.29, 0.717) is 35.7 Å². The smallest absolute Gasteiger partial charge is 0.410 e. The van der Waals surface area contributed by atoms with E-state index in [1.165, 1.54) is 27.5 Å². The highest BCUT2D eigenvalue weighted by Gasteiger charge is 2.53. The van der Waals surface area contributed by atoms with Gasteiger partial charge in [-0.1, -0.05) is 6.92 Å². The molecule has 0 aromatic carbocycles. The number of imidazole rings is 1. The largest absolute Gasteiger partial charge is 0.449 e. The first-order chi connectivity index (χ1) is 15.4. The van der Waals surface area contributed by atoms with E-state index in [9.17, 15) is 9.59 Å². The molecule has 0 bridgehead atoms. The summed E-state index contributed by atoms with van der Waals surface area (Å²) in [6, 6.07) is 1.85. The van der Waals surface area contributed by atoms with Crippen LogP contribution >= 0.6 is 0 Å². The van der Waals surface area contributed by atoms with Crippen LogP contribution in [0.2, 0.25) is 0 Å². The topological polar surface area (TPSA) is 120 Å². The van der Waals surface area contributed by atoms with Gasteiger partial charge in [0.15, 0.2) is 11.5 Å². The number of nitrogens with one attached hydrogen (secondary N) is 2. The Morgan fingerprint density at radius 2 is 2.31 bits per heavy atom. The quantitative estimate of drug-likeness (QED) is 0.649. The molecule has 2 fully saturated rings. The molecule has 10 heteroatoms. The Hall–Kier alpha value is -3.43. The van der Waals surface area contributed by atoms with Gasteiger partial charge in [0.05, 0.1) is 24.0 Å². The Bertz CT molecular complexity index is 1250. The molecule has 32 heavy (non-hydrogen) atoms. The zero-order valence-electron chi connectivity index (χ0n) is 18.1. The van der Waals surface area contributed by atoms with Crippen LogP contribution in [0.3, 0.4) is 0 Å². The predicted octanol–water partition coefficient (Wildman–Crippen LogP) is 2.28. The van der Waals surface area contributed by atoms with Gasteiger partial charge in [-0.2, -0.15) is 5.10 Å². The maximum absolute atomic E-state index is 12.7. The molecule has 3 aromatic rings. The summed E-state index contributed by atoms with van der Waals surface area (Å²) < 4.78 is 5.01. The molecule has 2 amide bonds. The standard InChI is InChI=1S/C22H25N7O3/c1-22-8-12(22)6-14-16(9-22)26-27-18(14)20-24-15-7-13(10-23-19(15)25-20)28(2)17(30)11-29-4-3-5-32-21(29)31/h7,10,12H,3-6,8-9,11H2,1-2H3,(H,26,27)(H,23,24,25)/t12-,22-/m1/s1. The Morgan fingerprint density at radius 1 is 1.44 bits per heavy atom. The number of carbonyl (C=O) groups excluding carboxylic acids is 2. The fourth-order valence-corrected chi connectivity index (χ4v) is 4.99. The normalized spacial score (nSPS) is 24.1. The molecule has 1 aliphatic heterocycles. The van der Waals surface area contributed by atoms with Gasteiger partial charge in [-0.25, -0.2) is 14.8 Å². The zero-order valence-corrected chi connectivity index (χ0v) is 18.1. The summed E-state index contributed by atoms with van der Waals surface area (Å²) in [5.74, 6) is 1.22. The Kier molecular flexibility index (Phi) is 4.08. The van der Waals surface area contributed by atoms with Crippen LogP contribution in [0, 0.1) is 11.3 Å². The summed E-state index contributed by atoms with van der Waals surface area (Å²) in [5.41, 5.74) is 5.70. The number of cyclic esters (lactones) is 1. The fourth-order valence-electron chi connectivity index (χ4n) is 4.99. The van der Waals surface area contributed by atoms with Gasteiger partial charge < -0.3 is 14.6 Å². The minimum atomic E-state index is -0.446. The lowest BCUT2D eigenvalue weighted by molar-refractivity contribution is -0.119. The van der Waals surface area contributed by atoms with Gasteiger partial charge in [-0.15, -0.1) is 0 Å². The van der Waals surface area contributed by atoms with Crippen molar-refractivity contribution in [2.45, 2.75) is 32.6 Å². The van der Waals surface area contributed by atoms with E-state index >= 15 is 0 Å². The third kappa shape index (κ3) is 3.04. The molecule has 2 N–H and O–H groups in total. The molecule has 0 spiro atoms. The summed E-state index contributed by atoms with van der Waals surface area (Å²) in [5, 5.41) is 7.76. The first-order valence-corrected chi connectivity index (χ1v) is 11.0. The summed E-state index contributed by atoms with van der Waals surface area (Å²) >= 11 is 0. The molecule has 3 aliphatic rings. The van der Waals surface area contributed by atoms with Crippen molar-refractivity contribution in [3.05, 3.63) is 23.5 Å². The highest BCUT2D eigenvalue weighted by Crippen LogP contribution is 2.59. The van der Waals surface area contributed by atoms with Crippen molar-refractivity contribution in [2.75, 3.05) is 31.6 Å². The third-order valence-corrected chi connectivity index (χ3v) is 7.21. The third-order valence-electron chi connectivity index (χ3n) is 7.21. The van der Waals surface area contributed by atoms with Crippen LogP contribution in [0.15, 0.2) is 12.3 Å². The number of rotatable bonds is 4. The number of carbonyl (C=O) groups is 2. The van der Waals surface area contributed by atoms with Crippen molar-refractivity contribution in [1.29, 1.82) is 0 Å². The second kappa shape index (κ2) is 6.78. The van der Waals surface area contributed by atoms with Crippen molar-refractivity contribution >= 4 is 28.9 Å². The lowest BCUT2D eigenvalue weighted by Gasteiger charge is -2.27. The summed E-state index contributed by atoms with van der Waals surface area (Å²) in [4.78, 5) is 39.9. The van der Waals surface area contributed by atoms with Gasteiger partial charge in [0, 0.05) is 24.8 Å². The van der Waals surface area contributed by atoms with Crippen LogP contribution in [0.25, 0.3) is 22.7 Å². The number of fused-ring (bicyclic) bond motifs is 3. The van der Waals surface area contributed by atoms with E-state index in [1.54, 1.807) is 13.2 Å². The van der Waals surface area contributed by atoms with E-state index in [1.807, 2.05) is 6.07 Å². The lowest BCUT2D eigenvalue weighted by Crippen LogP contribution is -2.44. The molecular formula is C22H25N7O3. The first kappa shape index (κ1) is 19.3. The van der Waals surface area contributed by atoms with Crippen molar-refractivity contribution in [1.82, 2.24) is 30.0 Å². The lowest BCUT2D eigenvalue weighted by atomic mass is 9.88. The van der Waals surface area contributed by atoms with Crippen molar-refractivity contribution in [3.63, 3.8) is 0 Å². The van der Waals surface area contributed by atoms with E-state index < -0.39 is 6.09 Å². The maximum Gasteiger partial charge on any atom is 0.410 e. The number of pyridine rings is 1. The van der Waals surface area contributed by atoms with Crippen molar-refractivity contribution in [3.8, 4) is 11.5 Å². The number of hydrogen-bond acceptors (Lipinski definition) is 6. The second-order valence-corrected chi connectivity index (χ2v) is 9.46. The number of ether oxygens (including phenoxy) is 1. The molecule has 0 unspecified atom stereocenters. The Morgan fingerprint density at radius 3 is 3.16 bits per heavy atom. The molecule has 3 aromatic heterocycles. The van der Waals surface area contributed by atoms with E-state index in [2.05, 4.69) is 32.1 Å². The average Bonchev–Trinajstić information content (AvgIpc) is 3.09. The molecule has 1 saturated heterocycles. The average molecular weight is 435 g/mol. The van der Waals surface area contributed by atoms with E-state index in [-0.39, 0.29) is 12.5 Å². The molecule has 2 atom stereocenters. The number of H-pyrrole nitrogens is 2. The number of aromatic amines is 2. The minimum Gasteiger partial charge on any atom is -0.449 e. The first-order valence-electron chi connectivity index (χ1n) is 11.0. The molecule has 2 aliphatic carbocycles. The molecule has 6 rings (SSSR count). The van der Waals surface area contributed by atoms with E-state index in [0.717, 1.165) is 36.4 Å². The van der Waals surface area contributed by atoms with Crippen LogP contribution in [0.4, 0.5) is 10.5 Å². The maximum atomic E-state index is 12.7. The predicted molar refractivity (Wildman–Crippen MR) is 116 cm³/mol. The Balaban J connectivity index is 1.24. The minimum absolute atomic E-state index is 0.0267. The highest BCUT2D eigenvalue weighted by atomic mass is 16.6. The van der Waals surface area contributed by atoms with E-state index in [4.69, 9.17) is 4.74 Å². The SMILES string of the molecule is CN(C(=O)CN1CCCOC1=O)c1cnc2nc(-c3n[nH]c4c3C[C@@H]3C[C@]3(C)C4)[nH]c2c1. The van der Waals surface area contributed by atoms with Crippen LogP contribution < -0.4 is 4.90 Å². The fraction of sp³-hybridized carbons (Fsp3) is 0.500. The van der Waals surface area contributed by atoms with Gasteiger partial charge in [0.2, 0.25) is 5.91 Å². The number of nitrogens with zero attached hydrogens (tertiary/aromatic N) is 5.